The van der Waals surface area contributed by atoms with Crippen molar-refractivity contribution in [2.24, 2.45) is 28.5 Å². The van der Waals surface area contributed by atoms with Gasteiger partial charge in [-0.2, -0.15) is 0 Å². The highest BCUT2D eigenvalue weighted by Crippen LogP contribution is 2.39. The van der Waals surface area contributed by atoms with Crippen molar-refractivity contribution >= 4 is 12.1 Å². The molecule has 0 aromatic carbocycles. The number of fused-ring (bicyclic) bond motifs is 1. The number of amides is 1. The molecule has 5 rings (SSSR count). The molecule has 0 bridgehead atoms. The van der Waals surface area contributed by atoms with E-state index < -0.39 is 18.2 Å². The van der Waals surface area contributed by atoms with E-state index in [1.807, 2.05) is 0 Å². The Labute approximate surface area is 226 Å². The molecule has 4 aliphatic heterocycles. The Morgan fingerprint density at radius 2 is 2.05 bits per heavy atom. The summed E-state index contributed by atoms with van der Waals surface area (Å²) in [4.78, 5) is 20.8. The lowest BCUT2D eigenvalue weighted by Crippen LogP contribution is -2.56. The summed E-state index contributed by atoms with van der Waals surface area (Å²) in [7, 11) is 0. The minimum Gasteiger partial charge on any atom is -0.357 e. The van der Waals surface area contributed by atoms with E-state index in [1.54, 1.807) is 5.01 Å². The van der Waals surface area contributed by atoms with Gasteiger partial charge in [0, 0.05) is 37.8 Å². The second-order valence-corrected chi connectivity index (χ2v) is 11.6. The smallest absolute Gasteiger partial charge is 0.230 e. The molecule has 0 spiro atoms. The van der Waals surface area contributed by atoms with Gasteiger partial charge >= 0.3 is 0 Å². The maximum Gasteiger partial charge on any atom is 0.230 e. The summed E-state index contributed by atoms with van der Waals surface area (Å²) in [5.74, 6) is -0.440. The molecule has 1 amide bonds. The zero-order valence-corrected chi connectivity index (χ0v) is 23.3. The molecule has 4 heterocycles. The van der Waals surface area contributed by atoms with Gasteiger partial charge in [0.25, 0.3) is 0 Å². The van der Waals surface area contributed by atoms with Gasteiger partial charge in [0.1, 0.15) is 12.1 Å². The van der Waals surface area contributed by atoms with Crippen LogP contribution in [0.2, 0.25) is 0 Å². The molecule has 1 saturated carbocycles. The zero-order chi connectivity index (χ0) is 26.8. The lowest BCUT2D eigenvalue weighted by molar-refractivity contribution is -0.126. The van der Waals surface area contributed by atoms with Crippen LogP contribution in [0.1, 0.15) is 72.1 Å². The minimum atomic E-state index is -0.638. The lowest BCUT2D eigenvalue weighted by atomic mass is 9.85. The third-order valence-electron chi connectivity index (χ3n) is 9.23. The lowest BCUT2D eigenvalue weighted by Gasteiger charge is -2.40. The Hall–Kier alpha value is -2.01. The van der Waals surface area contributed by atoms with Crippen molar-refractivity contribution in [3.63, 3.8) is 0 Å². The molecular weight excluding hydrogens is 483 g/mol. The van der Waals surface area contributed by atoms with Gasteiger partial charge in [-0.3, -0.25) is 20.1 Å². The molecule has 38 heavy (non-hydrogen) atoms. The van der Waals surface area contributed by atoms with E-state index in [-0.39, 0.29) is 29.9 Å². The number of halogens is 1. The first kappa shape index (κ1) is 27.6. The summed E-state index contributed by atoms with van der Waals surface area (Å²) in [5, 5.41) is 12.3. The summed E-state index contributed by atoms with van der Waals surface area (Å²) in [6, 6.07) is -0.154. The van der Waals surface area contributed by atoms with Crippen molar-refractivity contribution in [3.05, 3.63) is 22.8 Å². The number of hydrogen-bond donors (Lipinski definition) is 5. The van der Waals surface area contributed by atoms with Gasteiger partial charge in [-0.05, 0) is 44.1 Å². The highest BCUT2D eigenvalue weighted by atomic mass is 19.1. The molecule has 1 aliphatic carbocycles. The van der Waals surface area contributed by atoms with Gasteiger partial charge in [0.2, 0.25) is 5.91 Å². The first-order valence-electron chi connectivity index (χ1n) is 14.9. The molecule has 0 aromatic heterocycles. The van der Waals surface area contributed by atoms with Crippen molar-refractivity contribution < 1.29 is 9.18 Å². The monoisotopic (exact) mass is 530 g/mol. The molecule has 0 radical (unpaired) electrons. The van der Waals surface area contributed by atoms with Crippen LogP contribution in [-0.4, -0.2) is 72.7 Å². The van der Waals surface area contributed by atoms with Gasteiger partial charge in [0.05, 0.1) is 30.3 Å². The fourth-order valence-corrected chi connectivity index (χ4v) is 7.31. The number of nitrogens with one attached hydrogen (secondary N) is 4. The number of aliphatic imine (C=N–C) groups is 1. The van der Waals surface area contributed by atoms with E-state index in [4.69, 9.17) is 5.73 Å². The molecule has 212 valence electrons. The van der Waals surface area contributed by atoms with Gasteiger partial charge < -0.3 is 21.3 Å². The van der Waals surface area contributed by atoms with Crippen LogP contribution in [0.15, 0.2) is 27.8 Å². The quantitative estimate of drug-likeness (QED) is 0.328. The molecule has 0 aromatic rings. The molecule has 3 fully saturated rings. The Kier molecular flexibility index (Phi) is 8.72. The number of nitrogens with two attached hydrogens (primary N) is 1. The van der Waals surface area contributed by atoms with Crippen LogP contribution in [0.25, 0.3) is 0 Å². The molecule has 6 unspecified atom stereocenters. The van der Waals surface area contributed by atoms with Crippen LogP contribution in [0.3, 0.4) is 0 Å². The standard InChI is InChI=1S/C28H47FN8O/c1-4-9-18(5-2)20-14-31-16-22(25(20)36-13-12-32-17(36)3)34-28(38)23-26(30)35-37-24(19-10-7-6-8-11-19)21(29)15-33-27(23)37/h15,17-19,22-23,26-27,31-32,35H,4-14,16,30H2,1-3H3,(H,34,38). The van der Waals surface area contributed by atoms with Crippen LogP contribution < -0.4 is 27.1 Å². The fraction of sp³-hybridized carbons (Fsp3) is 0.786. The Bertz CT molecular complexity index is 961. The molecule has 6 atom stereocenters. The topological polar surface area (TPSA) is 110 Å². The summed E-state index contributed by atoms with van der Waals surface area (Å²) in [6.07, 6.45) is 8.99. The summed E-state index contributed by atoms with van der Waals surface area (Å²) in [5.41, 5.74) is 13.0. The van der Waals surface area contributed by atoms with Crippen molar-refractivity contribution in [2.75, 3.05) is 26.2 Å². The average Bonchev–Trinajstić information content (AvgIpc) is 3.49. The molecule has 9 nitrogen and oxygen atoms in total. The number of hydrazine groups is 1. The fourth-order valence-electron chi connectivity index (χ4n) is 7.31. The predicted octanol–water partition coefficient (Wildman–Crippen LogP) is 2.30. The Balaban J connectivity index is 1.39. The van der Waals surface area contributed by atoms with E-state index in [2.05, 4.69) is 52.0 Å². The first-order valence-corrected chi connectivity index (χ1v) is 14.9. The summed E-state index contributed by atoms with van der Waals surface area (Å²) in [6.45, 7) is 10.1. The number of rotatable bonds is 8. The molecule has 10 heteroatoms. The van der Waals surface area contributed by atoms with Crippen LogP contribution in [-0.2, 0) is 4.79 Å². The van der Waals surface area contributed by atoms with Crippen molar-refractivity contribution in [2.45, 2.75) is 96.7 Å². The van der Waals surface area contributed by atoms with Gasteiger partial charge in [-0.25, -0.2) is 9.82 Å². The second-order valence-electron chi connectivity index (χ2n) is 11.6. The van der Waals surface area contributed by atoms with E-state index >= 15 is 4.39 Å². The maximum atomic E-state index is 15.1. The molecule has 6 N–H and O–H groups in total. The average molecular weight is 531 g/mol. The number of hydrogen-bond acceptors (Lipinski definition) is 8. The highest BCUT2D eigenvalue weighted by molar-refractivity contribution is 5.83. The summed E-state index contributed by atoms with van der Waals surface area (Å²) < 4.78 is 15.1. The summed E-state index contributed by atoms with van der Waals surface area (Å²) >= 11 is 0. The number of carbonyl (C=O) groups is 1. The number of carbonyl (C=O) groups excluding carboxylic acids is 1. The van der Waals surface area contributed by atoms with Crippen molar-refractivity contribution in [1.29, 1.82) is 0 Å². The number of nitrogens with zero attached hydrogens (tertiary/aromatic N) is 3. The SMILES string of the molecule is CCCC(CC)C1=C(N2CCNC2C)C(NC(=O)C2C(N)NN3C(C4CCCCC4)=C(F)C=NC23)CNC1. The third kappa shape index (κ3) is 5.24. The number of allylic oxidation sites excluding steroid dienone is 2. The maximum absolute atomic E-state index is 15.1. The van der Waals surface area contributed by atoms with Gasteiger partial charge in [0.15, 0.2) is 5.83 Å². The predicted molar refractivity (Wildman–Crippen MR) is 148 cm³/mol. The largest absolute Gasteiger partial charge is 0.357 e. The van der Waals surface area contributed by atoms with Crippen LogP contribution >= 0.6 is 0 Å². The Morgan fingerprint density at radius 1 is 1.26 bits per heavy atom. The van der Waals surface area contributed by atoms with E-state index in [9.17, 15) is 4.79 Å². The van der Waals surface area contributed by atoms with E-state index in [0.29, 0.717) is 18.2 Å². The first-order chi connectivity index (χ1) is 18.4. The van der Waals surface area contributed by atoms with Gasteiger partial charge in [-0.15, -0.1) is 0 Å². The third-order valence-corrected chi connectivity index (χ3v) is 9.23. The van der Waals surface area contributed by atoms with Gasteiger partial charge in [-0.1, -0.05) is 39.5 Å². The second kappa shape index (κ2) is 12.0. The Morgan fingerprint density at radius 3 is 2.74 bits per heavy atom. The highest BCUT2D eigenvalue weighted by Gasteiger charge is 2.49. The van der Waals surface area contributed by atoms with Crippen molar-refractivity contribution in [3.8, 4) is 0 Å². The normalized spacial score (nSPS) is 33.2. The van der Waals surface area contributed by atoms with Crippen LogP contribution in [0, 0.1) is 17.8 Å². The van der Waals surface area contributed by atoms with Crippen LogP contribution in [0.5, 0.6) is 0 Å². The molecular formula is C28H47FN8O. The van der Waals surface area contributed by atoms with Crippen molar-refractivity contribution in [1.82, 2.24) is 31.3 Å². The van der Waals surface area contributed by atoms with E-state index in [1.165, 1.54) is 23.9 Å². The minimum absolute atomic E-state index is 0.131. The zero-order valence-electron chi connectivity index (χ0n) is 23.3. The van der Waals surface area contributed by atoms with E-state index in [0.717, 1.165) is 64.6 Å². The molecule has 2 saturated heterocycles. The van der Waals surface area contributed by atoms with Crippen LogP contribution in [0.4, 0.5) is 4.39 Å². The molecule has 5 aliphatic rings.